The summed E-state index contributed by atoms with van der Waals surface area (Å²) in [5.41, 5.74) is 1.46. The van der Waals surface area contributed by atoms with Gasteiger partial charge in [-0.1, -0.05) is 35.9 Å². The number of aromatic carboxylic acids is 1. The van der Waals surface area contributed by atoms with Crippen LogP contribution in [0.3, 0.4) is 0 Å². The molecule has 0 spiro atoms. The molecular formula is C25H23N5O5. The largest absolute Gasteiger partial charge is 0.477 e. The van der Waals surface area contributed by atoms with Crippen molar-refractivity contribution >= 4 is 11.7 Å². The summed E-state index contributed by atoms with van der Waals surface area (Å²) in [4.78, 5) is 47.6. The number of nitrogens with one attached hydrogen (secondary N) is 1. The van der Waals surface area contributed by atoms with Crippen LogP contribution in [-0.4, -0.2) is 30.2 Å². The molecule has 2 N–H and O–H groups in total. The Morgan fingerprint density at radius 2 is 1.74 bits per heavy atom. The van der Waals surface area contributed by atoms with Crippen molar-refractivity contribution in [1.82, 2.24) is 19.1 Å². The van der Waals surface area contributed by atoms with Crippen molar-refractivity contribution in [3.8, 4) is 11.6 Å². The van der Waals surface area contributed by atoms with Gasteiger partial charge in [0.2, 0.25) is 11.5 Å². The lowest BCUT2D eigenvalue weighted by Gasteiger charge is -2.10. The maximum absolute atomic E-state index is 13.0. The fraction of sp³-hybridized carbons (Fsp3) is 0.160. The molecule has 2 aromatic heterocycles. The molecule has 0 unspecified atom stereocenters. The van der Waals surface area contributed by atoms with Gasteiger partial charge < -0.3 is 9.84 Å². The number of H-pyrrole nitrogens is 1. The molecule has 0 amide bonds. The minimum atomic E-state index is -1.15. The smallest absolute Gasteiger partial charge is 0.354 e. The molecule has 0 aliphatic rings. The lowest BCUT2D eigenvalue weighted by molar-refractivity contribution is 0.0689. The van der Waals surface area contributed by atoms with E-state index < -0.39 is 17.3 Å². The van der Waals surface area contributed by atoms with Gasteiger partial charge in [0.25, 0.3) is 0 Å². The van der Waals surface area contributed by atoms with Crippen LogP contribution in [0, 0.1) is 6.92 Å². The molecule has 0 saturated carbocycles. The van der Waals surface area contributed by atoms with Gasteiger partial charge >= 0.3 is 17.3 Å². The fourth-order valence-corrected chi connectivity index (χ4v) is 3.36. The third-order valence-corrected chi connectivity index (χ3v) is 5.20. The van der Waals surface area contributed by atoms with Crippen molar-refractivity contribution in [1.29, 1.82) is 0 Å². The fourth-order valence-electron chi connectivity index (χ4n) is 3.36. The van der Waals surface area contributed by atoms with Crippen LogP contribution < -0.4 is 21.7 Å². The van der Waals surface area contributed by atoms with E-state index in [1.807, 2.05) is 31.2 Å². The van der Waals surface area contributed by atoms with Crippen LogP contribution in [0.25, 0.3) is 0 Å². The number of aromatic amines is 1. The first-order valence-electron chi connectivity index (χ1n) is 10.9. The molecule has 0 radical (unpaired) electrons. The standard InChI is InChI=1S/C25H23N5O5/c1-3-29-24(33)28-23(30(25(29)34)15-17-9-7-16(2)8-10-17)26-18-11-13-19(14-12-18)35-21-6-4-5-20(27-21)22(31)32/h4-14H,3,15H2,1-2H3,(H,31,32)(H,26,28,33). The molecule has 10 nitrogen and oxygen atoms in total. The van der Waals surface area contributed by atoms with Gasteiger partial charge in [-0.15, -0.1) is 0 Å². The summed E-state index contributed by atoms with van der Waals surface area (Å²) in [6, 6.07) is 18.8. The lowest BCUT2D eigenvalue weighted by atomic mass is 10.1. The zero-order valence-corrected chi connectivity index (χ0v) is 19.1. The summed E-state index contributed by atoms with van der Waals surface area (Å²) in [5.74, 6) is -0.595. The van der Waals surface area contributed by atoms with E-state index in [0.717, 1.165) is 15.7 Å². The average molecular weight is 473 g/mol. The minimum Gasteiger partial charge on any atom is -0.477 e. The van der Waals surface area contributed by atoms with Gasteiger partial charge in [0, 0.05) is 12.6 Å². The van der Waals surface area contributed by atoms with E-state index in [4.69, 9.17) is 9.84 Å². The van der Waals surface area contributed by atoms with Gasteiger partial charge in [0.15, 0.2) is 5.69 Å². The third-order valence-electron chi connectivity index (χ3n) is 5.20. The second kappa shape index (κ2) is 10.0. The average Bonchev–Trinajstić information content (AvgIpc) is 2.84. The number of rotatable bonds is 7. The Morgan fingerprint density at radius 3 is 2.40 bits per heavy atom. The highest BCUT2D eigenvalue weighted by Crippen LogP contribution is 2.22. The van der Waals surface area contributed by atoms with Crippen molar-refractivity contribution in [3.05, 3.63) is 110 Å². The SMILES string of the molecule is CCn1c(=O)[nH]/c(=N\c2ccc(Oc3cccc(C(=O)O)n3)cc2)n(Cc2ccc(C)cc2)c1=O. The molecule has 0 atom stereocenters. The first-order chi connectivity index (χ1) is 16.8. The van der Waals surface area contributed by atoms with E-state index in [0.29, 0.717) is 11.4 Å². The van der Waals surface area contributed by atoms with Crippen LogP contribution in [0.4, 0.5) is 5.69 Å². The van der Waals surface area contributed by atoms with E-state index in [9.17, 15) is 14.4 Å². The highest BCUT2D eigenvalue weighted by Gasteiger charge is 2.09. The molecular weight excluding hydrogens is 450 g/mol. The van der Waals surface area contributed by atoms with Crippen molar-refractivity contribution in [2.24, 2.45) is 4.99 Å². The van der Waals surface area contributed by atoms with Crippen molar-refractivity contribution in [3.63, 3.8) is 0 Å². The Hall–Kier alpha value is -4.73. The minimum absolute atomic E-state index is 0.120. The highest BCUT2D eigenvalue weighted by atomic mass is 16.5. The molecule has 0 aliphatic heterocycles. The number of carbonyl (C=O) groups is 1. The van der Waals surface area contributed by atoms with Crippen molar-refractivity contribution in [2.45, 2.75) is 26.9 Å². The normalized spacial score (nSPS) is 11.4. The van der Waals surface area contributed by atoms with Crippen LogP contribution >= 0.6 is 0 Å². The summed E-state index contributed by atoms with van der Waals surface area (Å²) >= 11 is 0. The highest BCUT2D eigenvalue weighted by molar-refractivity contribution is 5.85. The second-order valence-corrected chi connectivity index (χ2v) is 7.73. The lowest BCUT2D eigenvalue weighted by Crippen LogP contribution is -2.49. The number of aromatic nitrogens is 4. The maximum Gasteiger partial charge on any atom is 0.354 e. The van der Waals surface area contributed by atoms with Crippen molar-refractivity contribution < 1.29 is 14.6 Å². The predicted octanol–water partition coefficient (Wildman–Crippen LogP) is 2.83. The molecule has 2 aromatic carbocycles. The predicted molar refractivity (Wildman–Crippen MR) is 128 cm³/mol. The van der Waals surface area contributed by atoms with Gasteiger partial charge in [-0.05, 0) is 49.7 Å². The topological polar surface area (TPSA) is 132 Å². The molecule has 0 bridgehead atoms. The number of hydrogen-bond acceptors (Lipinski definition) is 6. The number of pyridine rings is 1. The van der Waals surface area contributed by atoms with E-state index >= 15 is 0 Å². The van der Waals surface area contributed by atoms with Crippen LogP contribution in [0.15, 0.2) is 81.3 Å². The summed E-state index contributed by atoms with van der Waals surface area (Å²) in [6.45, 7) is 4.17. The monoisotopic (exact) mass is 473 g/mol. The van der Waals surface area contributed by atoms with E-state index in [1.165, 1.54) is 16.7 Å². The number of aryl methyl sites for hydroxylation is 1. The van der Waals surface area contributed by atoms with Gasteiger partial charge in [0.05, 0.1) is 12.2 Å². The quantitative estimate of drug-likeness (QED) is 0.424. The molecule has 0 saturated heterocycles. The molecule has 10 heteroatoms. The van der Waals surface area contributed by atoms with E-state index in [-0.39, 0.29) is 30.3 Å². The maximum atomic E-state index is 13.0. The van der Waals surface area contributed by atoms with E-state index in [1.54, 1.807) is 37.3 Å². The third kappa shape index (κ3) is 5.44. The number of nitrogens with zero attached hydrogens (tertiary/aromatic N) is 4. The number of carboxylic acids is 1. The van der Waals surface area contributed by atoms with Gasteiger partial charge in [-0.25, -0.2) is 28.9 Å². The molecule has 0 aliphatic carbocycles. The molecule has 178 valence electrons. The van der Waals surface area contributed by atoms with Gasteiger partial charge in [-0.2, -0.15) is 0 Å². The molecule has 2 heterocycles. The molecule has 4 aromatic rings. The van der Waals surface area contributed by atoms with Gasteiger partial charge in [0.1, 0.15) is 5.75 Å². The first-order valence-corrected chi connectivity index (χ1v) is 10.9. The number of ether oxygens (including phenoxy) is 1. The molecule has 0 fully saturated rings. The van der Waals surface area contributed by atoms with Crippen LogP contribution in [0.2, 0.25) is 0 Å². The van der Waals surface area contributed by atoms with Crippen LogP contribution in [0.5, 0.6) is 11.6 Å². The molecule has 35 heavy (non-hydrogen) atoms. The Kier molecular flexibility index (Phi) is 6.72. The Bertz CT molecular complexity index is 1550. The zero-order chi connectivity index (χ0) is 24.9. The van der Waals surface area contributed by atoms with Crippen LogP contribution in [-0.2, 0) is 13.1 Å². The van der Waals surface area contributed by atoms with E-state index in [2.05, 4.69) is 15.0 Å². The first kappa shape index (κ1) is 23.4. The van der Waals surface area contributed by atoms with Gasteiger partial charge in [-0.3, -0.25) is 9.55 Å². The summed E-state index contributed by atoms with van der Waals surface area (Å²) in [5, 5.41) is 9.07. The number of hydrogen-bond donors (Lipinski definition) is 2. The van der Waals surface area contributed by atoms with Crippen molar-refractivity contribution in [2.75, 3.05) is 0 Å². The summed E-state index contributed by atoms with van der Waals surface area (Å²) in [6.07, 6.45) is 0. The Labute approximate surface area is 199 Å². The number of carboxylic acid groups (broad SMARTS) is 1. The van der Waals surface area contributed by atoms with Crippen LogP contribution in [0.1, 0.15) is 28.5 Å². The second-order valence-electron chi connectivity index (χ2n) is 7.73. The Morgan fingerprint density at radius 1 is 1.03 bits per heavy atom. The zero-order valence-electron chi connectivity index (χ0n) is 19.1. The number of benzene rings is 2. The summed E-state index contributed by atoms with van der Waals surface area (Å²) < 4.78 is 8.15. The molecule has 4 rings (SSSR count). The summed E-state index contributed by atoms with van der Waals surface area (Å²) in [7, 11) is 0. The Balaban J connectivity index is 1.68.